The number of carbonyl (C=O) groups excluding carboxylic acids is 1. The van der Waals surface area contributed by atoms with Crippen molar-refractivity contribution < 1.29 is 9.18 Å². The summed E-state index contributed by atoms with van der Waals surface area (Å²) < 4.78 is 14.0. The van der Waals surface area contributed by atoms with Crippen molar-refractivity contribution in [2.24, 2.45) is 4.99 Å². The van der Waals surface area contributed by atoms with Crippen molar-refractivity contribution in [1.82, 2.24) is 16.0 Å². The summed E-state index contributed by atoms with van der Waals surface area (Å²) in [4.78, 5) is 17.6. The highest BCUT2D eigenvalue weighted by Crippen LogP contribution is 2.18. The third-order valence-electron chi connectivity index (χ3n) is 3.11. The summed E-state index contributed by atoms with van der Waals surface area (Å²) in [7, 11) is 5.21. The molecule has 0 saturated heterocycles. The van der Waals surface area contributed by atoms with Gasteiger partial charge < -0.3 is 20.9 Å². The van der Waals surface area contributed by atoms with E-state index in [9.17, 15) is 9.18 Å². The topological polar surface area (TPSA) is 68.8 Å². The van der Waals surface area contributed by atoms with Crippen LogP contribution < -0.4 is 20.9 Å². The van der Waals surface area contributed by atoms with Crippen molar-refractivity contribution in [3.8, 4) is 0 Å². The van der Waals surface area contributed by atoms with Crippen LogP contribution in [0.5, 0.6) is 0 Å². The van der Waals surface area contributed by atoms with Gasteiger partial charge in [-0.3, -0.25) is 9.79 Å². The number of amides is 1. The number of nitrogens with zero attached hydrogens (tertiary/aromatic N) is 2. The molecule has 142 valence electrons. The first kappa shape index (κ1) is 23.4. The Morgan fingerprint density at radius 2 is 1.88 bits per heavy atom. The molecule has 0 aliphatic heterocycles. The van der Waals surface area contributed by atoms with Crippen LogP contribution in [0, 0.1) is 5.82 Å². The summed E-state index contributed by atoms with van der Waals surface area (Å²) in [5.41, 5.74) is 1.06. The van der Waals surface area contributed by atoms with E-state index < -0.39 is 0 Å². The molecular formula is C17H29FIN5O. The average molecular weight is 465 g/mol. The molecule has 1 aromatic rings. The number of guanidine groups is 1. The van der Waals surface area contributed by atoms with Crippen LogP contribution in [-0.4, -0.2) is 45.1 Å². The minimum atomic E-state index is -0.276. The Balaban J connectivity index is 0.00000576. The predicted octanol–water partition coefficient (Wildman–Crippen LogP) is 2.09. The highest BCUT2D eigenvalue weighted by molar-refractivity contribution is 14.0. The van der Waals surface area contributed by atoms with E-state index in [1.807, 2.05) is 26.8 Å². The zero-order valence-corrected chi connectivity index (χ0v) is 18.1. The smallest absolute Gasteiger partial charge is 0.239 e. The lowest BCUT2D eigenvalue weighted by Gasteiger charge is -2.21. The zero-order valence-electron chi connectivity index (χ0n) is 15.7. The van der Waals surface area contributed by atoms with Gasteiger partial charge in [0.1, 0.15) is 5.82 Å². The first-order valence-corrected chi connectivity index (χ1v) is 7.83. The van der Waals surface area contributed by atoms with Crippen LogP contribution in [0.4, 0.5) is 10.1 Å². The molecular weight excluding hydrogens is 436 g/mol. The number of aliphatic imine (C=N–C) groups is 1. The first-order valence-electron chi connectivity index (χ1n) is 7.83. The van der Waals surface area contributed by atoms with Gasteiger partial charge in [-0.25, -0.2) is 4.39 Å². The quantitative estimate of drug-likeness (QED) is 0.354. The number of hydrogen-bond acceptors (Lipinski definition) is 3. The van der Waals surface area contributed by atoms with Crippen LogP contribution >= 0.6 is 24.0 Å². The molecule has 25 heavy (non-hydrogen) atoms. The maximum absolute atomic E-state index is 14.0. The molecule has 0 aromatic heterocycles. The van der Waals surface area contributed by atoms with Crippen LogP contribution in [0.2, 0.25) is 0 Å². The average Bonchev–Trinajstić information content (AvgIpc) is 2.45. The van der Waals surface area contributed by atoms with Crippen molar-refractivity contribution in [2.45, 2.75) is 32.9 Å². The largest absolute Gasteiger partial charge is 0.375 e. The van der Waals surface area contributed by atoms with Crippen LogP contribution in [0.1, 0.15) is 26.3 Å². The van der Waals surface area contributed by atoms with Gasteiger partial charge in [0.25, 0.3) is 0 Å². The fraction of sp³-hybridized carbons (Fsp3) is 0.529. The Kier molecular flexibility index (Phi) is 9.76. The van der Waals surface area contributed by atoms with Gasteiger partial charge in [-0.05, 0) is 38.5 Å². The van der Waals surface area contributed by atoms with Gasteiger partial charge in [-0.2, -0.15) is 0 Å². The fourth-order valence-electron chi connectivity index (χ4n) is 2.06. The van der Waals surface area contributed by atoms with E-state index in [4.69, 9.17) is 0 Å². The molecule has 3 N–H and O–H groups in total. The second kappa shape index (κ2) is 10.4. The lowest BCUT2D eigenvalue weighted by Crippen LogP contribution is -2.48. The Hall–Kier alpha value is -1.58. The van der Waals surface area contributed by atoms with Crippen LogP contribution in [0.25, 0.3) is 0 Å². The summed E-state index contributed by atoms with van der Waals surface area (Å²) in [6.07, 6.45) is 0. The summed E-state index contributed by atoms with van der Waals surface area (Å²) in [6, 6.07) is 5.08. The molecule has 0 bridgehead atoms. The Morgan fingerprint density at radius 3 is 2.36 bits per heavy atom. The number of nitrogens with one attached hydrogen (secondary N) is 3. The third kappa shape index (κ3) is 8.89. The number of benzene rings is 1. The fourth-order valence-corrected chi connectivity index (χ4v) is 2.06. The molecule has 0 atom stereocenters. The maximum atomic E-state index is 14.0. The second-order valence-corrected chi connectivity index (χ2v) is 6.76. The van der Waals surface area contributed by atoms with Crippen molar-refractivity contribution in [2.75, 3.05) is 32.6 Å². The van der Waals surface area contributed by atoms with E-state index in [0.29, 0.717) is 18.2 Å². The monoisotopic (exact) mass is 465 g/mol. The van der Waals surface area contributed by atoms with Crippen LogP contribution in [-0.2, 0) is 11.3 Å². The lowest BCUT2D eigenvalue weighted by molar-refractivity contribution is -0.121. The molecule has 1 amide bonds. The molecule has 0 unspecified atom stereocenters. The molecule has 8 heteroatoms. The van der Waals surface area contributed by atoms with E-state index in [1.54, 1.807) is 32.1 Å². The number of hydrogen-bond donors (Lipinski definition) is 3. The van der Waals surface area contributed by atoms with Crippen molar-refractivity contribution >= 4 is 41.5 Å². The standard InChI is InChI=1S/C17H28FN5O.HI/c1-17(2,3)22-15(24)11-21-16(19-4)20-10-12-7-8-14(23(5)6)13(18)9-12;/h7-9H,10-11H2,1-6H3,(H,22,24)(H2,19,20,21);1H. The summed E-state index contributed by atoms with van der Waals surface area (Å²) in [5.74, 6) is 0.0924. The summed E-state index contributed by atoms with van der Waals surface area (Å²) in [6.45, 7) is 6.29. The predicted molar refractivity (Wildman–Crippen MR) is 112 cm³/mol. The highest BCUT2D eigenvalue weighted by atomic mass is 127. The summed E-state index contributed by atoms with van der Waals surface area (Å²) >= 11 is 0. The lowest BCUT2D eigenvalue weighted by atomic mass is 10.1. The summed E-state index contributed by atoms with van der Waals surface area (Å²) in [5, 5.41) is 8.85. The number of carbonyl (C=O) groups is 1. The van der Waals surface area contributed by atoms with Crippen LogP contribution in [0.3, 0.4) is 0 Å². The highest BCUT2D eigenvalue weighted by Gasteiger charge is 2.13. The molecule has 0 aliphatic rings. The maximum Gasteiger partial charge on any atom is 0.239 e. The number of anilines is 1. The van der Waals surface area contributed by atoms with E-state index in [-0.39, 0.29) is 47.8 Å². The molecule has 0 heterocycles. The molecule has 0 fully saturated rings. The minimum absolute atomic E-state index is 0. The first-order chi connectivity index (χ1) is 11.1. The minimum Gasteiger partial charge on any atom is -0.375 e. The molecule has 0 radical (unpaired) electrons. The van der Waals surface area contributed by atoms with Gasteiger partial charge in [-0.15, -0.1) is 24.0 Å². The van der Waals surface area contributed by atoms with Gasteiger partial charge in [0.15, 0.2) is 5.96 Å². The molecule has 1 aromatic carbocycles. The van der Waals surface area contributed by atoms with Crippen molar-refractivity contribution in [3.05, 3.63) is 29.6 Å². The van der Waals surface area contributed by atoms with Gasteiger partial charge in [0, 0.05) is 33.2 Å². The van der Waals surface area contributed by atoms with Gasteiger partial charge >= 0.3 is 0 Å². The Morgan fingerprint density at radius 1 is 1.24 bits per heavy atom. The van der Waals surface area contributed by atoms with E-state index in [0.717, 1.165) is 5.56 Å². The Labute approximate surface area is 166 Å². The number of halogens is 2. The van der Waals surface area contributed by atoms with Gasteiger partial charge in [0.05, 0.1) is 12.2 Å². The Bertz CT molecular complexity index is 599. The molecule has 6 nitrogen and oxygen atoms in total. The normalized spacial score (nSPS) is 11.4. The van der Waals surface area contributed by atoms with Gasteiger partial charge in [-0.1, -0.05) is 6.07 Å². The van der Waals surface area contributed by atoms with Crippen molar-refractivity contribution in [3.63, 3.8) is 0 Å². The molecule has 1 rings (SSSR count). The third-order valence-corrected chi connectivity index (χ3v) is 3.11. The molecule has 0 aliphatic carbocycles. The molecule has 0 spiro atoms. The molecule has 0 saturated carbocycles. The van der Waals surface area contributed by atoms with Gasteiger partial charge in [0.2, 0.25) is 5.91 Å². The number of rotatable bonds is 5. The van der Waals surface area contributed by atoms with E-state index in [2.05, 4.69) is 20.9 Å². The second-order valence-electron chi connectivity index (χ2n) is 6.76. The van der Waals surface area contributed by atoms with Crippen molar-refractivity contribution in [1.29, 1.82) is 0 Å². The van der Waals surface area contributed by atoms with E-state index in [1.165, 1.54) is 6.07 Å². The SMILES string of the molecule is CN=C(NCC(=O)NC(C)(C)C)NCc1ccc(N(C)C)c(F)c1.I. The van der Waals surface area contributed by atoms with Crippen LogP contribution in [0.15, 0.2) is 23.2 Å². The zero-order chi connectivity index (χ0) is 18.3. The van der Waals surface area contributed by atoms with E-state index >= 15 is 0 Å².